The third-order valence-electron chi connectivity index (χ3n) is 1.93. The Bertz CT molecular complexity index is 279. The summed E-state index contributed by atoms with van der Waals surface area (Å²) >= 11 is 0. The number of ether oxygens (including phenoxy) is 1. The molecule has 0 aromatic carbocycles. The van der Waals surface area contributed by atoms with Crippen LogP contribution in [0.4, 0.5) is 4.79 Å². The average molecular weight is 193 g/mol. The van der Waals surface area contributed by atoms with Gasteiger partial charge >= 0.3 is 6.09 Å². The zero-order valence-corrected chi connectivity index (χ0v) is 8.32. The van der Waals surface area contributed by atoms with Crippen molar-refractivity contribution < 1.29 is 9.53 Å². The zero-order chi connectivity index (χ0) is 10.4. The predicted molar refractivity (Wildman–Crippen MR) is 56.0 cm³/mol. The highest BCUT2D eigenvalue weighted by Gasteiger charge is 2.21. The summed E-state index contributed by atoms with van der Waals surface area (Å²) in [4.78, 5) is 10.8. The van der Waals surface area contributed by atoms with Gasteiger partial charge in [0, 0.05) is 0 Å². The molecule has 0 aromatic rings. The van der Waals surface area contributed by atoms with Crippen LogP contribution in [0.15, 0.2) is 36.5 Å². The van der Waals surface area contributed by atoms with Crippen LogP contribution in [0, 0.1) is 0 Å². The maximum atomic E-state index is 10.8. The minimum Gasteiger partial charge on any atom is -0.447 e. The van der Waals surface area contributed by atoms with Gasteiger partial charge in [0.25, 0.3) is 0 Å². The highest BCUT2D eigenvalue weighted by molar-refractivity contribution is 5.69. The quantitative estimate of drug-likeness (QED) is 0.695. The molecular weight excluding hydrogens is 178 g/mol. The number of hydrogen-bond donors (Lipinski definition) is 1. The molecule has 0 aromatic heterocycles. The standard InChI is InChI=1S/C11H15NO2/c1-3-5-9(6-4-2)7-10-8-14-11(13)12-10/h3-6,10H,1,7-8H2,2H3,(H,12,13)/b6-4-,9-5+/t10-/m1/s1. The Kier molecular flexibility index (Phi) is 3.98. The SMILES string of the molecule is C=C/C=C(\C=C/C)C[C@@H]1COC(=O)N1. The van der Waals surface area contributed by atoms with Crippen molar-refractivity contribution in [3.63, 3.8) is 0 Å². The number of nitrogens with one attached hydrogen (secondary N) is 1. The molecule has 3 nitrogen and oxygen atoms in total. The van der Waals surface area contributed by atoms with E-state index >= 15 is 0 Å². The summed E-state index contributed by atoms with van der Waals surface area (Å²) in [5, 5.41) is 2.73. The van der Waals surface area contributed by atoms with Gasteiger partial charge < -0.3 is 10.1 Å². The second-order valence-corrected chi connectivity index (χ2v) is 3.12. The number of amides is 1. The van der Waals surface area contributed by atoms with Gasteiger partial charge in [0.05, 0.1) is 6.04 Å². The first-order chi connectivity index (χ1) is 6.76. The molecule has 3 heteroatoms. The van der Waals surface area contributed by atoms with Gasteiger partial charge in [0.2, 0.25) is 0 Å². The van der Waals surface area contributed by atoms with Crippen LogP contribution in [0.2, 0.25) is 0 Å². The monoisotopic (exact) mass is 193 g/mol. The van der Waals surface area contributed by atoms with E-state index in [0.717, 1.165) is 12.0 Å². The van der Waals surface area contributed by atoms with Gasteiger partial charge in [-0.1, -0.05) is 30.9 Å². The summed E-state index contributed by atoms with van der Waals surface area (Å²) in [6.07, 6.45) is 8.10. The summed E-state index contributed by atoms with van der Waals surface area (Å²) < 4.78 is 4.80. The molecule has 1 fully saturated rings. The highest BCUT2D eigenvalue weighted by atomic mass is 16.6. The maximum absolute atomic E-state index is 10.8. The van der Waals surface area contributed by atoms with Gasteiger partial charge in [-0.2, -0.15) is 0 Å². The van der Waals surface area contributed by atoms with Crippen molar-refractivity contribution in [3.05, 3.63) is 36.5 Å². The average Bonchev–Trinajstić information content (AvgIpc) is 2.52. The van der Waals surface area contributed by atoms with Crippen LogP contribution in [-0.2, 0) is 4.74 Å². The molecule has 1 heterocycles. The number of carbonyl (C=O) groups is 1. The summed E-state index contributed by atoms with van der Waals surface area (Å²) in [5.41, 5.74) is 1.14. The molecule has 1 atom stereocenters. The molecule has 0 radical (unpaired) electrons. The van der Waals surface area contributed by atoms with Gasteiger partial charge in [0.1, 0.15) is 6.61 Å². The fraction of sp³-hybridized carbons (Fsp3) is 0.364. The van der Waals surface area contributed by atoms with Gasteiger partial charge in [0.15, 0.2) is 0 Å². The van der Waals surface area contributed by atoms with Gasteiger partial charge in [-0.25, -0.2) is 4.79 Å². The molecule has 1 amide bonds. The van der Waals surface area contributed by atoms with Crippen LogP contribution in [-0.4, -0.2) is 18.7 Å². The van der Waals surface area contributed by atoms with E-state index in [0.29, 0.717) is 6.61 Å². The second-order valence-electron chi connectivity index (χ2n) is 3.12. The first-order valence-electron chi connectivity index (χ1n) is 4.64. The molecule has 1 aliphatic rings. The fourth-order valence-corrected chi connectivity index (χ4v) is 1.38. The largest absolute Gasteiger partial charge is 0.447 e. The van der Waals surface area contributed by atoms with E-state index in [1.54, 1.807) is 6.08 Å². The maximum Gasteiger partial charge on any atom is 0.407 e. The molecule has 1 N–H and O–H groups in total. The summed E-state index contributed by atoms with van der Waals surface area (Å²) in [5.74, 6) is 0. The highest BCUT2D eigenvalue weighted by Crippen LogP contribution is 2.11. The van der Waals surface area contributed by atoms with Crippen molar-refractivity contribution in [1.82, 2.24) is 5.32 Å². The topological polar surface area (TPSA) is 38.3 Å². The van der Waals surface area contributed by atoms with Crippen molar-refractivity contribution in [3.8, 4) is 0 Å². The molecule has 0 spiro atoms. The summed E-state index contributed by atoms with van der Waals surface area (Å²) in [7, 11) is 0. The van der Waals surface area contributed by atoms with E-state index in [-0.39, 0.29) is 12.1 Å². The lowest BCUT2D eigenvalue weighted by Crippen LogP contribution is -2.26. The number of allylic oxidation sites excluding steroid dienone is 4. The Morgan fingerprint density at radius 3 is 3.07 bits per heavy atom. The Morgan fingerprint density at radius 2 is 2.57 bits per heavy atom. The van der Waals surface area contributed by atoms with Gasteiger partial charge in [-0.05, 0) is 18.9 Å². The van der Waals surface area contributed by atoms with E-state index < -0.39 is 0 Å². The molecule has 1 aliphatic heterocycles. The first kappa shape index (κ1) is 10.6. The number of rotatable bonds is 4. The van der Waals surface area contributed by atoms with Crippen LogP contribution in [0.5, 0.6) is 0 Å². The number of hydrogen-bond acceptors (Lipinski definition) is 2. The lowest BCUT2D eigenvalue weighted by Gasteiger charge is -2.07. The molecular formula is C11H15NO2. The minimum atomic E-state index is -0.326. The number of cyclic esters (lactones) is 1. The second kappa shape index (κ2) is 5.27. The third-order valence-corrected chi connectivity index (χ3v) is 1.93. The van der Waals surface area contributed by atoms with Crippen LogP contribution in [0.25, 0.3) is 0 Å². The van der Waals surface area contributed by atoms with Crippen LogP contribution in [0.3, 0.4) is 0 Å². The Hall–Kier alpha value is -1.51. The van der Waals surface area contributed by atoms with Gasteiger partial charge in [-0.15, -0.1) is 0 Å². The van der Waals surface area contributed by atoms with E-state index in [1.165, 1.54) is 0 Å². The van der Waals surface area contributed by atoms with Crippen molar-refractivity contribution in [2.24, 2.45) is 0 Å². The van der Waals surface area contributed by atoms with Crippen molar-refractivity contribution in [1.29, 1.82) is 0 Å². The normalized spacial score (nSPS) is 22.2. The van der Waals surface area contributed by atoms with Gasteiger partial charge in [-0.3, -0.25) is 0 Å². The lowest BCUT2D eigenvalue weighted by atomic mass is 10.1. The number of alkyl carbamates (subject to hydrolysis) is 1. The smallest absolute Gasteiger partial charge is 0.407 e. The van der Waals surface area contributed by atoms with Crippen molar-refractivity contribution >= 4 is 6.09 Å². The predicted octanol–water partition coefficient (Wildman–Crippen LogP) is 2.17. The van der Waals surface area contributed by atoms with Crippen molar-refractivity contribution in [2.75, 3.05) is 6.61 Å². The van der Waals surface area contributed by atoms with Crippen molar-refractivity contribution in [2.45, 2.75) is 19.4 Å². The molecule has 0 bridgehead atoms. The minimum absolute atomic E-state index is 0.0879. The van der Waals surface area contributed by atoms with E-state index in [2.05, 4.69) is 11.9 Å². The van der Waals surface area contributed by atoms with Crippen LogP contribution in [0.1, 0.15) is 13.3 Å². The molecule has 76 valence electrons. The third kappa shape index (κ3) is 3.09. The summed E-state index contributed by atoms with van der Waals surface area (Å²) in [6, 6.07) is 0.0879. The zero-order valence-electron chi connectivity index (χ0n) is 8.32. The summed E-state index contributed by atoms with van der Waals surface area (Å²) in [6.45, 7) is 6.05. The molecule has 0 unspecified atom stereocenters. The van der Waals surface area contributed by atoms with E-state index in [1.807, 2.05) is 25.2 Å². The first-order valence-corrected chi connectivity index (χ1v) is 4.64. The molecule has 14 heavy (non-hydrogen) atoms. The Labute approximate surface area is 84.1 Å². The Balaban J connectivity index is 2.51. The fourth-order valence-electron chi connectivity index (χ4n) is 1.38. The van der Waals surface area contributed by atoms with Crippen LogP contribution >= 0.6 is 0 Å². The molecule has 1 rings (SSSR count). The van der Waals surface area contributed by atoms with Crippen LogP contribution < -0.4 is 5.32 Å². The molecule has 0 saturated carbocycles. The van der Waals surface area contributed by atoms with E-state index in [4.69, 9.17) is 4.74 Å². The van der Waals surface area contributed by atoms with E-state index in [9.17, 15) is 4.79 Å². The molecule has 0 aliphatic carbocycles. The lowest BCUT2D eigenvalue weighted by molar-refractivity contribution is 0.177. The molecule has 1 saturated heterocycles. The number of carbonyl (C=O) groups excluding carboxylic acids is 1. The Morgan fingerprint density at radius 1 is 1.79 bits per heavy atom.